The van der Waals surface area contributed by atoms with Crippen LogP contribution in [0.1, 0.15) is 200 Å². The van der Waals surface area contributed by atoms with Crippen LogP contribution >= 0.6 is 0 Å². The van der Waals surface area contributed by atoms with Crippen molar-refractivity contribution in [3.05, 3.63) is 72.4 Å². The van der Waals surface area contributed by atoms with E-state index in [1.807, 2.05) is 0 Å². The second kappa shape index (κ2) is 34.3. The van der Waals surface area contributed by atoms with Gasteiger partial charge in [0.1, 0.15) is 6.54 Å². The summed E-state index contributed by atoms with van der Waals surface area (Å²) in [5, 5.41) is 0. The molecule has 0 saturated heterocycles. The smallest absolute Gasteiger partial charge is 0.104 e. The van der Waals surface area contributed by atoms with Gasteiger partial charge in [-0.2, -0.15) is 0 Å². The summed E-state index contributed by atoms with van der Waals surface area (Å²) in [6, 6.07) is 11.5. The summed E-state index contributed by atoms with van der Waals surface area (Å²) in [6.45, 7) is 12.2. The number of rotatable bonds is 35. The molecule has 0 heterocycles. The summed E-state index contributed by atoms with van der Waals surface area (Å²) >= 11 is 0. The van der Waals surface area contributed by atoms with Gasteiger partial charge >= 0.3 is 0 Å². The van der Waals surface area contributed by atoms with Crippen molar-refractivity contribution in [3.63, 3.8) is 0 Å². The predicted octanol–water partition coefficient (Wildman–Crippen LogP) is 15.3. The molecule has 0 aliphatic carbocycles. The number of benzene rings is 1. The molecule has 0 fully saturated rings. The zero-order valence-corrected chi connectivity index (χ0v) is 32.2. The lowest BCUT2D eigenvalue weighted by Gasteiger charge is -2.39. The van der Waals surface area contributed by atoms with Gasteiger partial charge in [0, 0.05) is 5.56 Å². The maximum atomic E-state index is 2.47. The first-order chi connectivity index (χ1) is 23.3. The monoisotopic (exact) mass is 649 g/mol. The largest absolute Gasteiger partial charge is 0.320 e. The van der Waals surface area contributed by atoms with E-state index in [0.29, 0.717) is 0 Å². The topological polar surface area (TPSA) is 0 Å². The molecule has 0 amide bonds. The van der Waals surface area contributed by atoms with Gasteiger partial charge < -0.3 is 4.48 Å². The Morgan fingerprint density at radius 3 is 0.957 bits per heavy atom. The summed E-state index contributed by atoms with van der Waals surface area (Å²) in [4.78, 5) is 0. The van der Waals surface area contributed by atoms with E-state index in [4.69, 9.17) is 0 Å². The van der Waals surface area contributed by atoms with Gasteiger partial charge in [-0.25, -0.2) is 0 Å². The van der Waals surface area contributed by atoms with Gasteiger partial charge in [-0.15, -0.1) is 0 Å². The minimum absolute atomic E-state index is 1.22. The Kier molecular flexibility index (Phi) is 31.7. The first-order valence-electron chi connectivity index (χ1n) is 21.1. The molecule has 0 aliphatic rings. The fraction of sp³-hybridized carbons (Fsp3) is 0.739. The molecule has 0 spiro atoms. The molecule has 1 heteroatoms. The van der Waals surface area contributed by atoms with Crippen LogP contribution in [0.3, 0.4) is 0 Å². The fourth-order valence-electron chi connectivity index (χ4n) is 6.98. The van der Waals surface area contributed by atoms with Crippen molar-refractivity contribution in [2.45, 2.75) is 201 Å². The van der Waals surface area contributed by atoms with Gasteiger partial charge in [0.05, 0.1) is 19.6 Å². The van der Waals surface area contributed by atoms with Gasteiger partial charge in [0.15, 0.2) is 0 Å². The van der Waals surface area contributed by atoms with Crippen molar-refractivity contribution < 1.29 is 4.48 Å². The first-order valence-corrected chi connectivity index (χ1v) is 21.1. The van der Waals surface area contributed by atoms with Crippen LogP contribution in [0.4, 0.5) is 0 Å². The minimum atomic E-state index is 1.22. The lowest BCUT2D eigenvalue weighted by Crippen LogP contribution is -2.49. The highest BCUT2D eigenvalue weighted by Crippen LogP contribution is 2.22. The highest BCUT2D eigenvalue weighted by Gasteiger charge is 2.26. The molecule has 0 saturated carbocycles. The van der Waals surface area contributed by atoms with Crippen LogP contribution in [0, 0.1) is 0 Å². The normalized spacial score (nSPS) is 12.4. The van der Waals surface area contributed by atoms with E-state index >= 15 is 0 Å². The number of hydrogen-bond acceptors (Lipinski definition) is 0. The zero-order chi connectivity index (χ0) is 33.8. The van der Waals surface area contributed by atoms with Crippen LogP contribution in [0.25, 0.3) is 0 Å². The summed E-state index contributed by atoms with van der Waals surface area (Å²) in [5.41, 5.74) is 1.54. The van der Waals surface area contributed by atoms with E-state index in [-0.39, 0.29) is 0 Å². The molecule has 0 unspecified atom stereocenters. The number of hydrogen-bond donors (Lipinski definition) is 0. The highest BCUT2D eigenvalue weighted by molar-refractivity contribution is 5.13. The Labute approximate surface area is 296 Å². The molecule has 0 aliphatic heterocycles. The lowest BCUT2D eigenvalue weighted by atomic mass is 10.1. The minimum Gasteiger partial charge on any atom is -0.320 e. The Morgan fingerprint density at radius 2 is 0.660 bits per heavy atom. The molecular formula is C46H82N+. The van der Waals surface area contributed by atoms with Gasteiger partial charge in [0.2, 0.25) is 0 Å². The van der Waals surface area contributed by atoms with Crippen molar-refractivity contribution in [2.24, 2.45) is 0 Å². The van der Waals surface area contributed by atoms with E-state index in [9.17, 15) is 0 Å². The van der Waals surface area contributed by atoms with Crippen LogP contribution in [-0.2, 0) is 6.54 Å². The third-order valence-electron chi connectivity index (χ3n) is 10.0. The summed E-state index contributed by atoms with van der Waals surface area (Å²) in [5.74, 6) is 0. The van der Waals surface area contributed by atoms with Crippen molar-refractivity contribution in [1.29, 1.82) is 0 Å². The molecule has 0 bridgehead atoms. The predicted molar refractivity (Wildman–Crippen MR) is 214 cm³/mol. The standard InChI is InChI=1S/C46H82N/c1-4-7-10-13-16-19-22-25-28-31-37-42-47(45-46-40-35-34-36-41-46,43-38-32-29-26-23-20-17-14-11-8-5-2)44-39-33-30-27-24-21-18-15-12-9-6-3/h19-24,34-36,40-41H,4-18,25-33,37-39,42-45H2,1-3H3/q+1/b22-19+,23-20+,24-21+. The second-order valence-corrected chi connectivity index (χ2v) is 14.7. The summed E-state index contributed by atoms with van der Waals surface area (Å²) < 4.78 is 1.30. The molecule has 0 atom stereocenters. The van der Waals surface area contributed by atoms with Crippen LogP contribution in [0.2, 0.25) is 0 Å². The molecule has 47 heavy (non-hydrogen) atoms. The number of nitrogens with zero attached hydrogens (tertiary/aromatic N) is 1. The molecule has 1 aromatic rings. The second-order valence-electron chi connectivity index (χ2n) is 14.7. The molecule has 0 N–H and O–H groups in total. The van der Waals surface area contributed by atoms with E-state index in [0.717, 1.165) is 0 Å². The Hall–Kier alpha value is -1.60. The number of allylic oxidation sites excluding steroid dienone is 6. The van der Waals surface area contributed by atoms with Gasteiger partial charge in [-0.1, -0.05) is 145 Å². The van der Waals surface area contributed by atoms with Crippen LogP contribution in [-0.4, -0.2) is 24.1 Å². The molecule has 1 rings (SSSR count). The van der Waals surface area contributed by atoms with Gasteiger partial charge in [-0.3, -0.25) is 0 Å². The number of unbranched alkanes of at least 4 members (excludes halogenated alkanes) is 21. The fourth-order valence-corrected chi connectivity index (χ4v) is 6.98. The average molecular weight is 649 g/mol. The van der Waals surface area contributed by atoms with Crippen molar-refractivity contribution in [1.82, 2.24) is 0 Å². The van der Waals surface area contributed by atoms with E-state index in [1.54, 1.807) is 0 Å². The zero-order valence-electron chi connectivity index (χ0n) is 32.2. The van der Waals surface area contributed by atoms with Crippen LogP contribution in [0.15, 0.2) is 66.8 Å². The average Bonchev–Trinajstić information content (AvgIpc) is 3.09. The Balaban J connectivity index is 2.64. The molecular weight excluding hydrogens is 567 g/mol. The van der Waals surface area contributed by atoms with Crippen LogP contribution < -0.4 is 0 Å². The van der Waals surface area contributed by atoms with Crippen molar-refractivity contribution in [2.75, 3.05) is 19.6 Å². The third-order valence-corrected chi connectivity index (χ3v) is 10.0. The number of quaternary nitrogens is 1. The third kappa shape index (κ3) is 28.0. The van der Waals surface area contributed by atoms with Crippen LogP contribution in [0.5, 0.6) is 0 Å². The van der Waals surface area contributed by atoms with E-state index < -0.39 is 0 Å². The Morgan fingerprint density at radius 1 is 0.362 bits per heavy atom. The first kappa shape index (κ1) is 43.4. The molecule has 1 nitrogen and oxygen atoms in total. The van der Waals surface area contributed by atoms with E-state index in [1.165, 1.54) is 210 Å². The molecule has 0 aromatic heterocycles. The van der Waals surface area contributed by atoms with Crippen molar-refractivity contribution >= 4 is 0 Å². The van der Waals surface area contributed by atoms with E-state index in [2.05, 4.69) is 87.6 Å². The molecule has 1 aromatic carbocycles. The highest BCUT2D eigenvalue weighted by atomic mass is 15.3. The summed E-state index contributed by atoms with van der Waals surface area (Å²) in [7, 11) is 0. The van der Waals surface area contributed by atoms with Gasteiger partial charge in [0.25, 0.3) is 0 Å². The van der Waals surface area contributed by atoms with Crippen molar-refractivity contribution in [3.8, 4) is 0 Å². The maximum absolute atomic E-state index is 2.47. The van der Waals surface area contributed by atoms with Gasteiger partial charge in [-0.05, 0) is 116 Å². The quantitative estimate of drug-likeness (QED) is 0.0390. The lowest BCUT2D eigenvalue weighted by molar-refractivity contribution is -0.941. The summed E-state index contributed by atoms with van der Waals surface area (Å²) in [6.07, 6.45) is 51.2. The maximum Gasteiger partial charge on any atom is 0.104 e. The molecule has 0 radical (unpaired) electrons. The molecule has 270 valence electrons. The SMILES string of the molecule is CCCCCC/C=C/CCCCC[N+](CCCCC/C=C/CCCCCC)(CCCCC/C=C/CCCCCC)Cc1ccccc1. The Bertz CT molecular complexity index is 755.